The summed E-state index contributed by atoms with van der Waals surface area (Å²) in [7, 11) is 0. The highest BCUT2D eigenvalue weighted by Crippen LogP contribution is 2.59. The van der Waals surface area contributed by atoms with E-state index in [-0.39, 0.29) is 11.8 Å². The maximum absolute atomic E-state index is 7.20. The number of anilines is 1. The van der Waals surface area contributed by atoms with Gasteiger partial charge in [0.2, 0.25) is 0 Å². The Labute approximate surface area is 155 Å². The third-order valence-corrected chi connectivity index (χ3v) is 7.85. The van der Waals surface area contributed by atoms with Crippen molar-refractivity contribution in [2.24, 2.45) is 17.8 Å². The monoisotopic (exact) mass is 347 g/mol. The summed E-state index contributed by atoms with van der Waals surface area (Å²) in [5.41, 5.74) is 5.62. The van der Waals surface area contributed by atoms with E-state index in [9.17, 15) is 0 Å². The van der Waals surface area contributed by atoms with Crippen molar-refractivity contribution < 1.29 is 0 Å². The summed E-state index contributed by atoms with van der Waals surface area (Å²) in [6.07, 6.45) is 8.41. The van der Waals surface area contributed by atoms with Crippen LogP contribution in [0.25, 0.3) is 11.1 Å². The Bertz CT molecular complexity index is 812. The highest BCUT2D eigenvalue weighted by Gasteiger charge is 2.56. The Kier molecular flexibility index (Phi) is 2.99. The molecule has 0 saturated heterocycles. The van der Waals surface area contributed by atoms with Crippen LogP contribution >= 0.6 is 11.5 Å². The number of fused-ring (bicyclic) bond motifs is 3. The van der Waals surface area contributed by atoms with Gasteiger partial charge < -0.3 is 4.81 Å². The third-order valence-electron chi connectivity index (χ3n) is 7.41. The molecule has 0 spiro atoms. The van der Waals surface area contributed by atoms with Crippen molar-refractivity contribution in [2.75, 3.05) is 4.81 Å². The third kappa shape index (κ3) is 1.98. The smallest absolute Gasteiger partial charge is 0.391 e. The van der Waals surface area contributed by atoms with Crippen LogP contribution in [-0.4, -0.2) is 11.8 Å². The minimum Gasteiger partial charge on any atom is -0.391 e. The van der Waals surface area contributed by atoms with Gasteiger partial charge in [0, 0.05) is 16.8 Å². The maximum atomic E-state index is 7.20. The summed E-state index contributed by atoms with van der Waals surface area (Å²) >= 11 is 7.20. The summed E-state index contributed by atoms with van der Waals surface area (Å²) in [6.45, 7) is 0. The van der Waals surface area contributed by atoms with Crippen LogP contribution in [0.1, 0.15) is 38.5 Å². The standard InChI is InChI=1S/C22H23BClN/c24-23-20-7-3-1-5-18(20)19-6-2-4-8-21(19)25(23)22-12-15-9-16(13-22)11-17(10-15)14-22/h1-8,15-17H,9-14H2. The second-order valence-electron chi connectivity index (χ2n) is 8.95. The molecule has 0 atom stereocenters. The van der Waals surface area contributed by atoms with E-state index in [4.69, 9.17) is 11.5 Å². The molecule has 3 heteroatoms. The van der Waals surface area contributed by atoms with E-state index in [0.29, 0.717) is 0 Å². The first-order valence-electron chi connectivity index (χ1n) is 9.85. The van der Waals surface area contributed by atoms with Crippen LogP contribution in [0.4, 0.5) is 5.69 Å². The molecule has 7 rings (SSSR count). The zero-order chi connectivity index (χ0) is 16.6. The highest BCUT2D eigenvalue weighted by atomic mass is 35.5. The molecule has 2 aromatic carbocycles. The fourth-order valence-corrected chi connectivity index (χ4v) is 7.48. The number of para-hydroxylation sites is 1. The van der Waals surface area contributed by atoms with Crippen LogP contribution in [0.15, 0.2) is 48.5 Å². The molecule has 0 N–H and O–H groups in total. The molecule has 2 aromatic rings. The quantitative estimate of drug-likeness (QED) is 0.650. The van der Waals surface area contributed by atoms with E-state index in [1.807, 2.05) is 0 Å². The van der Waals surface area contributed by atoms with Gasteiger partial charge in [-0.1, -0.05) is 42.5 Å². The Balaban J connectivity index is 1.55. The molecule has 0 amide bonds. The zero-order valence-electron chi connectivity index (χ0n) is 14.5. The largest absolute Gasteiger partial charge is 0.396 e. The van der Waals surface area contributed by atoms with Gasteiger partial charge in [0.05, 0.1) is 0 Å². The fraction of sp³-hybridized carbons (Fsp3) is 0.455. The molecule has 4 fully saturated rings. The molecule has 1 aliphatic heterocycles. The van der Waals surface area contributed by atoms with E-state index in [0.717, 1.165) is 17.8 Å². The minimum absolute atomic E-state index is 0.0395. The summed E-state index contributed by atoms with van der Waals surface area (Å²) in [4.78, 5) is 2.65. The van der Waals surface area contributed by atoms with Crippen LogP contribution in [0.2, 0.25) is 0 Å². The molecule has 5 aliphatic rings. The first-order valence-corrected chi connectivity index (χ1v) is 10.3. The molecule has 1 heterocycles. The van der Waals surface area contributed by atoms with E-state index < -0.39 is 0 Å². The normalized spacial score (nSPS) is 34.8. The molecule has 1 nitrogen and oxygen atoms in total. The number of halogens is 1. The molecule has 4 saturated carbocycles. The molecule has 25 heavy (non-hydrogen) atoms. The molecular weight excluding hydrogens is 325 g/mol. The van der Waals surface area contributed by atoms with Crippen LogP contribution in [0, 0.1) is 17.8 Å². The molecule has 4 aliphatic carbocycles. The summed E-state index contributed by atoms with van der Waals surface area (Å²) in [5.74, 6) is 2.79. The van der Waals surface area contributed by atoms with E-state index in [1.165, 1.54) is 60.8 Å². The van der Waals surface area contributed by atoms with Crippen molar-refractivity contribution in [3.8, 4) is 11.1 Å². The van der Waals surface area contributed by atoms with Gasteiger partial charge in [0.1, 0.15) is 0 Å². The lowest BCUT2D eigenvalue weighted by molar-refractivity contribution is 0.00282. The average Bonchev–Trinajstić information content (AvgIpc) is 2.61. The first kappa shape index (κ1) is 14.7. The number of hydrogen-bond acceptors (Lipinski definition) is 1. The number of rotatable bonds is 1. The number of hydrogen-bond donors (Lipinski definition) is 0. The first-order chi connectivity index (χ1) is 12.2. The zero-order valence-corrected chi connectivity index (χ0v) is 15.3. The highest BCUT2D eigenvalue weighted by molar-refractivity contribution is 7.17. The Hall–Kier alpha value is -1.41. The fourth-order valence-electron chi connectivity index (χ4n) is 6.98. The SMILES string of the molecule is ClB1c2ccccc2-c2ccccc2N1C12CC3CC(CC(C3)C1)C2. The number of nitrogens with zero attached hydrogens (tertiary/aromatic N) is 1. The van der Waals surface area contributed by atoms with Crippen LogP contribution in [0.5, 0.6) is 0 Å². The van der Waals surface area contributed by atoms with Gasteiger partial charge >= 0.3 is 6.26 Å². The van der Waals surface area contributed by atoms with Crippen molar-refractivity contribution in [3.05, 3.63) is 48.5 Å². The minimum atomic E-state index is -0.0395. The molecule has 0 unspecified atom stereocenters. The van der Waals surface area contributed by atoms with Crippen molar-refractivity contribution in [3.63, 3.8) is 0 Å². The Morgan fingerprint density at radius 1 is 0.800 bits per heavy atom. The predicted molar refractivity (Wildman–Crippen MR) is 107 cm³/mol. The van der Waals surface area contributed by atoms with Gasteiger partial charge in [-0.3, -0.25) is 0 Å². The van der Waals surface area contributed by atoms with Gasteiger partial charge in [-0.15, -0.1) is 0 Å². The lowest BCUT2D eigenvalue weighted by Crippen LogP contribution is -2.66. The van der Waals surface area contributed by atoms with E-state index in [2.05, 4.69) is 53.3 Å². The maximum Gasteiger partial charge on any atom is 0.396 e. The van der Waals surface area contributed by atoms with Crippen molar-refractivity contribution >= 4 is 28.9 Å². The van der Waals surface area contributed by atoms with Gasteiger partial charge in [-0.25, -0.2) is 0 Å². The van der Waals surface area contributed by atoms with Gasteiger partial charge in [0.15, 0.2) is 0 Å². The lowest BCUT2D eigenvalue weighted by Gasteiger charge is -2.62. The van der Waals surface area contributed by atoms with Crippen molar-refractivity contribution in [2.45, 2.75) is 44.1 Å². The second-order valence-corrected chi connectivity index (χ2v) is 9.37. The van der Waals surface area contributed by atoms with Crippen LogP contribution in [-0.2, 0) is 0 Å². The molecule has 0 radical (unpaired) electrons. The second kappa shape index (κ2) is 5.07. The summed E-state index contributed by atoms with van der Waals surface area (Å²) < 4.78 is 0. The Morgan fingerprint density at radius 2 is 1.36 bits per heavy atom. The molecular formula is C22H23BClN. The van der Waals surface area contributed by atoms with E-state index in [1.54, 1.807) is 0 Å². The van der Waals surface area contributed by atoms with Gasteiger partial charge in [0.25, 0.3) is 0 Å². The lowest BCUT2D eigenvalue weighted by atomic mass is 9.50. The molecule has 0 aromatic heterocycles. The average molecular weight is 348 g/mol. The van der Waals surface area contributed by atoms with E-state index >= 15 is 0 Å². The predicted octanol–water partition coefficient (Wildman–Crippen LogP) is 5.08. The molecule has 126 valence electrons. The molecule has 4 bridgehead atoms. The topological polar surface area (TPSA) is 3.24 Å². The number of benzene rings is 2. The summed E-state index contributed by atoms with van der Waals surface area (Å²) in [6, 6.07) is 17.7. The van der Waals surface area contributed by atoms with Crippen LogP contribution < -0.4 is 10.3 Å². The van der Waals surface area contributed by atoms with Crippen molar-refractivity contribution in [1.82, 2.24) is 0 Å². The van der Waals surface area contributed by atoms with Crippen LogP contribution in [0.3, 0.4) is 0 Å². The van der Waals surface area contributed by atoms with Gasteiger partial charge in [-0.2, -0.15) is 11.5 Å². The Morgan fingerprint density at radius 3 is 2.04 bits per heavy atom. The van der Waals surface area contributed by atoms with Crippen molar-refractivity contribution in [1.29, 1.82) is 0 Å². The van der Waals surface area contributed by atoms with Gasteiger partial charge in [-0.05, 0) is 73.4 Å². The summed E-state index contributed by atoms with van der Waals surface area (Å²) in [5, 5.41) is 0.